The fourth-order valence-electron chi connectivity index (χ4n) is 1.40. The van der Waals surface area contributed by atoms with Gasteiger partial charge < -0.3 is 0 Å². The summed E-state index contributed by atoms with van der Waals surface area (Å²) in [4.78, 5) is 7.80. The molecule has 0 aliphatic heterocycles. The van der Waals surface area contributed by atoms with Crippen molar-refractivity contribution in [3.63, 3.8) is 0 Å². The smallest absolute Gasteiger partial charge is 0.227 e. The number of nitrogens with zero attached hydrogens (tertiary/aromatic N) is 2. The Bertz CT molecular complexity index is 634. The van der Waals surface area contributed by atoms with Crippen LogP contribution in [0.4, 0.5) is 0 Å². The average molecular weight is 248 g/mol. The molecule has 0 aliphatic carbocycles. The second-order valence-corrected chi connectivity index (χ2v) is 5.77. The lowest BCUT2D eigenvalue weighted by molar-refractivity contribution is 0.593. The molecule has 4 nitrogen and oxygen atoms in total. The Labute approximate surface area is 100 Å². The first-order valence-electron chi connectivity index (χ1n) is 5.07. The first kappa shape index (κ1) is 11.7. The highest BCUT2D eigenvalue weighted by Crippen LogP contribution is 2.17. The van der Waals surface area contributed by atoms with E-state index in [0.29, 0.717) is 5.69 Å². The average Bonchev–Trinajstić information content (AvgIpc) is 2.29. The van der Waals surface area contributed by atoms with E-state index in [0.717, 1.165) is 17.4 Å². The number of aromatic nitrogens is 2. The van der Waals surface area contributed by atoms with Crippen LogP contribution in [0.5, 0.6) is 0 Å². The monoisotopic (exact) mass is 248 g/mol. The molecule has 0 saturated heterocycles. The number of benzene rings is 1. The Hall–Kier alpha value is -1.75. The van der Waals surface area contributed by atoms with Crippen molar-refractivity contribution in [3.8, 4) is 11.3 Å². The third-order valence-electron chi connectivity index (χ3n) is 2.31. The van der Waals surface area contributed by atoms with Crippen LogP contribution in [0.2, 0.25) is 0 Å². The van der Waals surface area contributed by atoms with Gasteiger partial charge in [0.15, 0.2) is 0 Å². The Morgan fingerprint density at radius 1 is 1.06 bits per heavy atom. The summed E-state index contributed by atoms with van der Waals surface area (Å²) in [6, 6.07) is 9.42. The minimum atomic E-state index is -3.36. The summed E-state index contributed by atoms with van der Waals surface area (Å²) < 4.78 is 22.7. The van der Waals surface area contributed by atoms with Gasteiger partial charge in [0.2, 0.25) is 15.0 Å². The van der Waals surface area contributed by atoms with Crippen molar-refractivity contribution in [2.45, 2.75) is 12.1 Å². The van der Waals surface area contributed by atoms with E-state index in [4.69, 9.17) is 0 Å². The molecule has 0 bridgehead atoms. The topological polar surface area (TPSA) is 59.9 Å². The van der Waals surface area contributed by atoms with Crippen LogP contribution in [0, 0.1) is 6.92 Å². The van der Waals surface area contributed by atoms with Crippen LogP contribution in [0.15, 0.2) is 41.7 Å². The van der Waals surface area contributed by atoms with E-state index in [1.54, 1.807) is 6.07 Å². The number of rotatable bonds is 2. The van der Waals surface area contributed by atoms with Crippen molar-refractivity contribution in [1.82, 2.24) is 9.97 Å². The second-order valence-electron chi connectivity index (χ2n) is 3.86. The van der Waals surface area contributed by atoms with Gasteiger partial charge in [0.05, 0.1) is 5.69 Å². The van der Waals surface area contributed by atoms with Gasteiger partial charge in [0.25, 0.3) is 0 Å². The van der Waals surface area contributed by atoms with Gasteiger partial charge >= 0.3 is 0 Å². The molecular formula is C12H12N2O2S. The van der Waals surface area contributed by atoms with Crippen molar-refractivity contribution in [2.75, 3.05) is 6.26 Å². The zero-order valence-corrected chi connectivity index (χ0v) is 10.4. The molecule has 17 heavy (non-hydrogen) atoms. The van der Waals surface area contributed by atoms with Gasteiger partial charge in [-0.05, 0) is 13.0 Å². The van der Waals surface area contributed by atoms with E-state index in [9.17, 15) is 8.42 Å². The molecule has 1 aromatic carbocycles. The SMILES string of the molecule is Cc1ccc(-c2ccnc(S(C)(=O)=O)n2)cc1. The Morgan fingerprint density at radius 3 is 2.29 bits per heavy atom. The third kappa shape index (κ3) is 2.68. The van der Waals surface area contributed by atoms with Gasteiger partial charge in [0, 0.05) is 18.0 Å². The molecular weight excluding hydrogens is 236 g/mol. The molecule has 1 heterocycles. The molecule has 5 heteroatoms. The minimum absolute atomic E-state index is 0.143. The molecule has 0 fully saturated rings. The van der Waals surface area contributed by atoms with Gasteiger partial charge in [-0.1, -0.05) is 29.8 Å². The highest BCUT2D eigenvalue weighted by Gasteiger charge is 2.11. The van der Waals surface area contributed by atoms with E-state index >= 15 is 0 Å². The molecule has 1 aromatic heterocycles. The highest BCUT2D eigenvalue weighted by atomic mass is 32.2. The predicted molar refractivity (Wildman–Crippen MR) is 65.3 cm³/mol. The van der Waals surface area contributed by atoms with Crippen molar-refractivity contribution >= 4 is 9.84 Å². The summed E-state index contributed by atoms with van der Waals surface area (Å²) >= 11 is 0. The van der Waals surface area contributed by atoms with Crippen LogP contribution in [-0.2, 0) is 9.84 Å². The maximum atomic E-state index is 11.3. The van der Waals surface area contributed by atoms with Gasteiger partial charge in [-0.2, -0.15) is 0 Å². The molecule has 0 N–H and O–H groups in total. The Balaban J connectivity index is 2.50. The maximum absolute atomic E-state index is 11.3. The molecule has 0 radical (unpaired) electrons. The summed E-state index contributed by atoms with van der Waals surface area (Å²) in [5.74, 6) is 0. The largest absolute Gasteiger partial charge is 0.247 e. The molecule has 0 spiro atoms. The highest BCUT2D eigenvalue weighted by molar-refractivity contribution is 7.90. The van der Waals surface area contributed by atoms with E-state index in [-0.39, 0.29) is 5.16 Å². The molecule has 0 aliphatic rings. The zero-order valence-electron chi connectivity index (χ0n) is 9.58. The van der Waals surface area contributed by atoms with Crippen molar-refractivity contribution < 1.29 is 8.42 Å². The van der Waals surface area contributed by atoms with Crippen molar-refractivity contribution in [1.29, 1.82) is 0 Å². The lowest BCUT2D eigenvalue weighted by atomic mass is 10.1. The Kier molecular flexibility index (Phi) is 2.93. The lowest BCUT2D eigenvalue weighted by Crippen LogP contribution is -2.04. The standard InChI is InChI=1S/C12H12N2O2S/c1-9-3-5-10(6-4-9)11-7-8-13-12(14-11)17(2,15)16/h3-8H,1-2H3. The van der Waals surface area contributed by atoms with Crippen molar-refractivity contribution in [2.24, 2.45) is 0 Å². The first-order valence-corrected chi connectivity index (χ1v) is 6.96. The van der Waals surface area contributed by atoms with E-state index in [1.807, 2.05) is 31.2 Å². The quantitative estimate of drug-likeness (QED) is 0.761. The second kappa shape index (κ2) is 4.25. The normalized spacial score (nSPS) is 11.4. The van der Waals surface area contributed by atoms with Crippen LogP contribution in [-0.4, -0.2) is 24.6 Å². The number of aryl methyl sites for hydroxylation is 1. The lowest BCUT2D eigenvalue weighted by Gasteiger charge is -2.02. The summed E-state index contributed by atoms with van der Waals surface area (Å²) in [6.45, 7) is 1.99. The summed E-state index contributed by atoms with van der Waals surface area (Å²) in [7, 11) is -3.36. The van der Waals surface area contributed by atoms with Gasteiger partial charge in [-0.3, -0.25) is 0 Å². The van der Waals surface area contributed by atoms with Crippen LogP contribution in [0.3, 0.4) is 0 Å². The fraction of sp³-hybridized carbons (Fsp3) is 0.167. The van der Waals surface area contributed by atoms with Crippen LogP contribution in [0.25, 0.3) is 11.3 Å². The molecule has 0 unspecified atom stereocenters. The fourth-order valence-corrected chi connectivity index (χ4v) is 1.92. The molecule has 0 atom stereocenters. The minimum Gasteiger partial charge on any atom is -0.227 e. The number of hydrogen-bond donors (Lipinski definition) is 0. The third-order valence-corrected chi connectivity index (χ3v) is 3.17. The van der Waals surface area contributed by atoms with E-state index in [1.165, 1.54) is 6.20 Å². The summed E-state index contributed by atoms with van der Waals surface area (Å²) in [5, 5.41) is -0.143. The molecule has 0 amide bonds. The van der Waals surface area contributed by atoms with Gasteiger partial charge in [0.1, 0.15) is 0 Å². The first-order chi connectivity index (χ1) is 7.97. The van der Waals surface area contributed by atoms with Crippen LogP contribution in [0.1, 0.15) is 5.56 Å². The molecule has 0 saturated carbocycles. The van der Waals surface area contributed by atoms with Gasteiger partial charge in [-0.25, -0.2) is 18.4 Å². The molecule has 2 aromatic rings. The van der Waals surface area contributed by atoms with Crippen molar-refractivity contribution in [3.05, 3.63) is 42.1 Å². The van der Waals surface area contributed by atoms with E-state index < -0.39 is 9.84 Å². The maximum Gasteiger partial charge on any atom is 0.247 e. The molecule has 2 rings (SSSR count). The number of sulfone groups is 1. The molecule has 88 valence electrons. The van der Waals surface area contributed by atoms with Crippen LogP contribution < -0.4 is 0 Å². The van der Waals surface area contributed by atoms with Gasteiger partial charge in [-0.15, -0.1) is 0 Å². The summed E-state index contributed by atoms with van der Waals surface area (Å²) in [5.41, 5.74) is 2.63. The van der Waals surface area contributed by atoms with Crippen LogP contribution >= 0.6 is 0 Å². The summed E-state index contributed by atoms with van der Waals surface area (Å²) in [6.07, 6.45) is 2.56. The Morgan fingerprint density at radius 2 is 1.71 bits per heavy atom. The van der Waals surface area contributed by atoms with E-state index in [2.05, 4.69) is 9.97 Å². The zero-order chi connectivity index (χ0) is 12.5. The predicted octanol–water partition coefficient (Wildman–Crippen LogP) is 1.86. The number of hydrogen-bond acceptors (Lipinski definition) is 4.